The molecular formula is C31H33F9N2O5. The van der Waals surface area contributed by atoms with Crippen LogP contribution in [-0.4, -0.2) is 47.6 Å². The Morgan fingerprint density at radius 3 is 2.02 bits per heavy atom. The summed E-state index contributed by atoms with van der Waals surface area (Å²) >= 11 is 0. The van der Waals surface area contributed by atoms with Gasteiger partial charge in [-0.05, 0) is 98.9 Å². The van der Waals surface area contributed by atoms with Gasteiger partial charge in [-0.2, -0.15) is 26.3 Å². The number of halogens is 9. The second-order valence-corrected chi connectivity index (χ2v) is 11.9. The van der Waals surface area contributed by atoms with Gasteiger partial charge < -0.3 is 19.5 Å². The van der Waals surface area contributed by atoms with Gasteiger partial charge in [0.2, 0.25) is 0 Å². The van der Waals surface area contributed by atoms with Gasteiger partial charge in [0.05, 0.1) is 23.7 Å². The number of amides is 1. The maximum Gasteiger partial charge on any atom is 0.573 e. The molecule has 7 nitrogen and oxygen atoms in total. The minimum atomic E-state index is -5.13. The number of carboxylic acids is 1. The van der Waals surface area contributed by atoms with E-state index in [1.54, 1.807) is 0 Å². The first-order valence-electron chi connectivity index (χ1n) is 14.9. The summed E-state index contributed by atoms with van der Waals surface area (Å²) < 4.78 is 130. The van der Waals surface area contributed by atoms with Crippen LogP contribution in [0.15, 0.2) is 36.4 Å². The number of carbonyl (C=O) groups excluding carboxylic acids is 1. The third-order valence-electron chi connectivity index (χ3n) is 8.59. The molecule has 2 aromatic carbocycles. The molecule has 0 unspecified atom stereocenters. The van der Waals surface area contributed by atoms with Gasteiger partial charge in [-0.1, -0.05) is 0 Å². The standard InChI is InChI=1S/C31H33F9N2O5/c1-3-41(15-19-6-4-18(5-7-19)10-26(43)44)25-9-8-24(47-31(38,39)40)13-21(25)16-42-17(2)27(46-28(42)45)20-11-22(29(32,33)34)14-23(12-20)30(35,36)37/h8-9,11-14,17-19,27H,3-7,10,15-16H2,1-2H3,(H,43,44)/t17-,18?,19?,27+/m0/s1. The molecule has 2 atom stereocenters. The van der Waals surface area contributed by atoms with Crippen LogP contribution in [0, 0.1) is 11.8 Å². The lowest BCUT2D eigenvalue weighted by Crippen LogP contribution is -2.35. The molecule has 16 heteroatoms. The summed E-state index contributed by atoms with van der Waals surface area (Å²) in [5.41, 5.74) is -3.09. The zero-order chi connectivity index (χ0) is 34.9. The fourth-order valence-electron chi connectivity index (χ4n) is 6.26. The molecule has 2 aromatic rings. The Kier molecular flexibility index (Phi) is 10.5. The number of cyclic esters (lactones) is 1. The average molecular weight is 685 g/mol. The fraction of sp³-hybridized carbons (Fsp3) is 0.548. The molecule has 0 aromatic heterocycles. The van der Waals surface area contributed by atoms with Crippen molar-refractivity contribution in [2.75, 3.05) is 18.0 Å². The molecule has 1 aliphatic heterocycles. The van der Waals surface area contributed by atoms with Gasteiger partial charge in [-0.3, -0.25) is 9.69 Å². The lowest BCUT2D eigenvalue weighted by Gasteiger charge is -2.34. The first-order chi connectivity index (χ1) is 21.7. The van der Waals surface area contributed by atoms with Crippen LogP contribution < -0.4 is 9.64 Å². The van der Waals surface area contributed by atoms with Crippen molar-refractivity contribution in [2.24, 2.45) is 11.8 Å². The van der Waals surface area contributed by atoms with Crippen LogP contribution >= 0.6 is 0 Å². The Hall–Kier alpha value is -3.85. The van der Waals surface area contributed by atoms with Crippen LogP contribution in [0.5, 0.6) is 5.75 Å². The molecule has 2 fully saturated rings. The first kappa shape index (κ1) is 36.0. The summed E-state index contributed by atoms with van der Waals surface area (Å²) in [6.07, 6.45) is -15.0. The van der Waals surface area contributed by atoms with E-state index in [0.717, 1.165) is 29.9 Å². The van der Waals surface area contributed by atoms with Crippen molar-refractivity contribution in [1.29, 1.82) is 0 Å². The van der Waals surface area contributed by atoms with Crippen molar-refractivity contribution in [3.63, 3.8) is 0 Å². The number of aliphatic carboxylic acids is 1. The molecule has 1 heterocycles. The van der Waals surface area contributed by atoms with Gasteiger partial charge in [-0.15, -0.1) is 13.2 Å². The van der Waals surface area contributed by atoms with E-state index in [-0.39, 0.29) is 29.9 Å². The van der Waals surface area contributed by atoms with Crippen LogP contribution in [0.3, 0.4) is 0 Å². The molecule has 2 aliphatic rings. The van der Waals surface area contributed by atoms with Crippen molar-refractivity contribution in [1.82, 2.24) is 4.90 Å². The van der Waals surface area contributed by atoms with Gasteiger partial charge in [0.1, 0.15) is 11.9 Å². The van der Waals surface area contributed by atoms with E-state index in [4.69, 9.17) is 9.84 Å². The first-order valence-corrected chi connectivity index (χ1v) is 14.9. The van der Waals surface area contributed by atoms with Crippen molar-refractivity contribution in [2.45, 2.75) is 83.4 Å². The van der Waals surface area contributed by atoms with Crippen LogP contribution in [0.2, 0.25) is 0 Å². The minimum Gasteiger partial charge on any atom is -0.481 e. The molecule has 0 bridgehead atoms. The number of carboxylic acid groups (broad SMARTS) is 1. The number of ether oxygens (including phenoxy) is 2. The SMILES string of the molecule is CCN(CC1CCC(CC(=O)O)CC1)c1ccc(OC(F)(F)F)cc1CN1C(=O)O[C@@H](c2cc(C(F)(F)F)cc(C(F)(F)F)c2)[C@@H]1C. The van der Waals surface area contributed by atoms with Crippen LogP contribution in [0.1, 0.15) is 74.3 Å². The van der Waals surface area contributed by atoms with Crippen molar-refractivity contribution in [3.05, 3.63) is 58.7 Å². The van der Waals surface area contributed by atoms with Crippen LogP contribution in [-0.2, 0) is 28.4 Å². The van der Waals surface area contributed by atoms with Crippen molar-refractivity contribution < 1.29 is 63.7 Å². The van der Waals surface area contributed by atoms with E-state index >= 15 is 0 Å². The molecule has 47 heavy (non-hydrogen) atoms. The second kappa shape index (κ2) is 13.7. The fourth-order valence-corrected chi connectivity index (χ4v) is 6.26. The summed E-state index contributed by atoms with van der Waals surface area (Å²) in [5.74, 6) is -1.28. The smallest absolute Gasteiger partial charge is 0.481 e. The highest BCUT2D eigenvalue weighted by Gasteiger charge is 2.44. The lowest BCUT2D eigenvalue weighted by atomic mass is 9.80. The maximum atomic E-state index is 13.5. The molecule has 0 spiro atoms. The highest BCUT2D eigenvalue weighted by molar-refractivity contribution is 5.72. The van der Waals surface area contributed by atoms with E-state index in [2.05, 4.69) is 4.74 Å². The second-order valence-electron chi connectivity index (χ2n) is 11.9. The molecular weight excluding hydrogens is 651 g/mol. The van der Waals surface area contributed by atoms with Gasteiger partial charge >= 0.3 is 30.8 Å². The number of nitrogens with zero attached hydrogens (tertiary/aromatic N) is 2. The monoisotopic (exact) mass is 684 g/mol. The highest BCUT2D eigenvalue weighted by Crippen LogP contribution is 2.42. The zero-order valence-electron chi connectivity index (χ0n) is 25.3. The molecule has 1 amide bonds. The number of benzene rings is 2. The molecule has 260 valence electrons. The summed E-state index contributed by atoms with van der Waals surface area (Å²) in [7, 11) is 0. The highest BCUT2D eigenvalue weighted by atomic mass is 19.4. The van der Waals surface area contributed by atoms with Gasteiger partial charge in [0.15, 0.2) is 0 Å². The maximum absolute atomic E-state index is 13.5. The number of hydrogen-bond donors (Lipinski definition) is 1. The molecule has 1 saturated heterocycles. The predicted molar refractivity (Wildman–Crippen MR) is 149 cm³/mol. The molecule has 0 radical (unpaired) electrons. The Bertz CT molecular complexity index is 1400. The summed E-state index contributed by atoms with van der Waals surface area (Å²) in [6.45, 7) is 3.64. The quantitative estimate of drug-likeness (QED) is 0.252. The summed E-state index contributed by atoms with van der Waals surface area (Å²) in [6, 6.07) is 3.36. The number of hydrogen-bond acceptors (Lipinski definition) is 5. The van der Waals surface area contributed by atoms with E-state index in [9.17, 15) is 49.1 Å². The lowest BCUT2D eigenvalue weighted by molar-refractivity contribution is -0.274. The van der Waals surface area contributed by atoms with E-state index in [0.29, 0.717) is 43.8 Å². The third kappa shape index (κ3) is 9.15. The predicted octanol–water partition coefficient (Wildman–Crippen LogP) is 8.81. The summed E-state index contributed by atoms with van der Waals surface area (Å²) in [4.78, 5) is 27.0. The minimum absolute atomic E-state index is 0.0426. The number of carbonyl (C=O) groups is 2. The average Bonchev–Trinajstić information content (AvgIpc) is 3.23. The Morgan fingerprint density at radius 1 is 0.936 bits per heavy atom. The molecule has 1 saturated carbocycles. The zero-order valence-corrected chi connectivity index (χ0v) is 25.3. The third-order valence-corrected chi connectivity index (χ3v) is 8.59. The van der Waals surface area contributed by atoms with Crippen molar-refractivity contribution in [3.8, 4) is 5.75 Å². The number of anilines is 1. The van der Waals surface area contributed by atoms with Crippen LogP contribution in [0.4, 0.5) is 50.0 Å². The topological polar surface area (TPSA) is 79.3 Å². The Balaban J connectivity index is 1.63. The van der Waals surface area contributed by atoms with Gasteiger partial charge in [0, 0.05) is 25.2 Å². The van der Waals surface area contributed by atoms with Gasteiger partial charge in [0.25, 0.3) is 0 Å². The van der Waals surface area contributed by atoms with E-state index < -0.39 is 71.9 Å². The normalized spacial score (nSPS) is 22.3. The molecule has 1 aliphatic carbocycles. The molecule has 1 N–H and O–H groups in total. The van der Waals surface area contributed by atoms with Crippen molar-refractivity contribution >= 4 is 17.7 Å². The Labute approximate surface area is 264 Å². The van der Waals surface area contributed by atoms with Gasteiger partial charge in [-0.25, -0.2) is 4.79 Å². The summed E-state index contributed by atoms with van der Waals surface area (Å²) in [5, 5.41) is 9.10. The van der Waals surface area contributed by atoms with E-state index in [1.807, 2.05) is 11.8 Å². The largest absolute Gasteiger partial charge is 0.573 e. The van der Waals surface area contributed by atoms with E-state index in [1.165, 1.54) is 13.0 Å². The molecule has 4 rings (SSSR count). The number of rotatable bonds is 10. The number of alkyl halides is 9. The Morgan fingerprint density at radius 2 is 1.51 bits per heavy atom. The van der Waals surface area contributed by atoms with Crippen LogP contribution in [0.25, 0.3) is 0 Å².